The van der Waals surface area contributed by atoms with Crippen LogP contribution in [0.1, 0.15) is 0 Å². The van der Waals surface area contributed by atoms with E-state index < -0.39 is 20.0 Å². The molecule has 0 saturated heterocycles. The van der Waals surface area contributed by atoms with Crippen molar-refractivity contribution in [3.05, 3.63) is 95.0 Å². The van der Waals surface area contributed by atoms with Crippen molar-refractivity contribution in [2.75, 3.05) is 9.44 Å². The van der Waals surface area contributed by atoms with Gasteiger partial charge in [-0.2, -0.15) is 0 Å². The molecular weight excluding hydrogens is 491 g/mol. The van der Waals surface area contributed by atoms with Crippen molar-refractivity contribution in [3.8, 4) is 0 Å². The second-order valence-electron chi connectivity index (χ2n) is 6.84. The van der Waals surface area contributed by atoms with Gasteiger partial charge in [-0.05, 0) is 53.9 Å². The highest BCUT2D eigenvalue weighted by molar-refractivity contribution is 7.93. The normalized spacial score (nSPS) is 11.9. The third kappa shape index (κ3) is 4.68. The molecular formula is C22H16Cl2N2O4S2. The van der Waals surface area contributed by atoms with Crippen LogP contribution in [0.25, 0.3) is 10.8 Å². The predicted molar refractivity (Wildman–Crippen MR) is 128 cm³/mol. The van der Waals surface area contributed by atoms with Crippen LogP contribution >= 0.6 is 23.2 Å². The second kappa shape index (κ2) is 8.63. The number of rotatable bonds is 6. The lowest BCUT2D eigenvalue weighted by Crippen LogP contribution is -2.15. The van der Waals surface area contributed by atoms with Crippen molar-refractivity contribution in [1.82, 2.24) is 0 Å². The summed E-state index contributed by atoms with van der Waals surface area (Å²) in [7, 11) is -7.91. The summed E-state index contributed by atoms with van der Waals surface area (Å²) in [5.74, 6) is 0. The molecule has 32 heavy (non-hydrogen) atoms. The van der Waals surface area contributed by atoms with E-state index in [4.69, 9.17) is 23.2 Å². The number of hydrogen-bond donors (Lipinski definition) is 2. The van der Waals surface area contributed by atoms with Gasteiger partial charge in [-0.15, -0.1) is 0 Å². The Balaban J connectivity index is 1.58. The molecule has 0 bridgehead atoms. The van der Waals surface area contributed by atoms with E-state index in [0.29, 0.717) is 5.69 Å². The molecule has 0 aliphatic heterocycles. The molecule has 0 saturated carbocycles. The van der Waals surface area contributed by atoms with Crippen LogP contribution in [0, 0.1) is 0 Å². The number of fused-ring (bicyclic) bond motifs is 1. The first-order chi connectivity index (χ1) is 15.2. The number of benzene rings is 4. The summed E-state index contributed by atoms with van der Waals surface area (Å²) in [5.41, 5.74) is 0.619. The molecule has 10 heteroatoms. The molecule has 0 unspecified atom stereocenters. The molecule has 4 aromatic carbocycles. The summed E-state index contributed by atoms with van der Waals surface area (Å²) in [6.45, 7) is 0. The van der Waals surface area contributed by atoms with Crippen LogP contribution in [0.4, 0.5) is 11.4 Å². The largest absolute Gasteiger partial charge is 0.280 e. The number of halogens is 2. The zero-order valence-corrected chi connectivity index (χ0v) is 19.4. The second-order valence-corrected chi connectivity index (χ2v) is 11.0. The number of nitrogens with one attached hydrogen (secondary N) is 2. The fourth-order valence-corrected chi connectivity index (χ4v) is 6.02. The average Bonchev–Trinajstić information content (AvgIpc) is 2.75. The average molecular weight is 507 g/mol. The molecule has 0 heterocycles. The molecule has 4 aromatic rings. The van der Waals surface area contributed by atoms with Crippen LogP contribution in [0.15, 0.2) is 94.7 Å². The van der Waals surface area contributed by atoms with Crippen LogP contribution < -0.4 is 9.44 Å². The quantitative estimate of drug-likeness (QED) is 0.348. The van der Waals surface area contributed by atoms with E-state index in [9.17, 15) is 16.8 Å². The lowest BCUT2D eigenvalue weighted by molar-refractivity contribution is 0.600. The van der Waals surface area contributed by atoms with E-state index in [1.165, 1.54) is 42.5 Å². The maximum absolute atomic E-state index is 12.9. The Kier molecular flexibility index (Phi) is 6.05. The van der Waals surface area contributed by atoms with Gasteiger partial charge in [-0.25, -0.2) is 16.8 Å². The minimum Gasteiger partial charge on any atom is -0.280 e. The highest BCUT2D eigenvalue weighted by Crippen LogP contribution is 2.28. The van der Waals surface area contributed by atoms with Gasteiger partial charge in [0.15, 0.2) is 0 Å². The Morgan fingerprint density at radius 3 is 2.09 bits per heavy atom. The molecule has 0 atom stereocenters. The van der Waals surface area contributed by atoms with Crippen molar-refractivity contribution in [3.63, 3.8) is 0 Å². The van der Waals surface area contributed by atoms with Crippen molar-refractivity contribution in [2.24, 2.45) is 0 Å². The van der Waals surface area contributed by atoms with Crippen molar-refractivity contribution in [1.29, 1.82) is 0 Å². The molecule has 164 valence electrons. The lowest BCUT2D eigenvalue weighted by atomic mass is 10.1. The van der Waals surface area contributed by atoms with Crippen molar-refractivity contribution < 1.29 is 16.8 Å². The van der Waals surface area contributed by atoms with Gasteiger partial charge < -0.3 is 0 Å². The first kappa shape index (κ1) is 22.4. The fraction of sp³-hybridized carbons (Fsp3) is 0. The molecule has 0 aromatic heterocycles. The van der Waals surface area contributed by atoms with Crippen molar-refractivity contribution >= 4 is 65.4 Å². The van der Waals surface area contributed by atoms with Crippen molar-refractivity contribution in [2.45, 2.75) is 9.79 Å². The smallest absolute Gasteiger partial charge is 0.263 e. The molecule has 0 radical (unpaired) electrons. The van der Waals surface area contributed by atoms with E-state index in [-0.39, 0.29) is 25.5 Å². The summed E-state index contributed by atoms with van der Waals surface area (Å²) in [4.78, 5) is -0.199. The van der Waals surface area contributed by atoms with Crippen LogP contribution in [0.5, 0.6) is 0 Å². The molecule has 2 N–H and O–H groups in total. The van der Waals surface area contributed by atoms with E-state index in [0.717, 1.165) is 10.8 Å². The van der Waals surface area contributed by atoms with Crippen LogP contribution in [-0.2, 0) is 20.0 Å². The molecule has 0 spiro atoms. The Bertz CT molecular complexity index is 1520. The Hall–Kier alpha value is -2.78. The monoisotopic (exact) mass is 506 g/mol. The van der Waals surface area contributed by atoms with Crippen LogP contribution in [0.2, 0.25) is 10.0 Å². The zero-order chi connectivity index (χ0) is 22.9. The van der Waals surface area contributed by atoms with E-state index in [1.807, 2.05) is 30.3 Å². The first-order valence-corrected chi connectivity index (χ1v) is 13.0. The lowest BCUT2D eigenvalue weighted by Gasteiger charge is -2.12. The fourth-order valence-electron chi connectivity index (χ4n) is 3.11. The van der Waals surface area contributed by atoms with Gasteiger partial charge in [0.1, 0.15) is 4.90 Å². The first-order valence-electron chi connectivity index (χ1n) is 9.24. The minimum absolute atomic E-state index is 0.0142. The predicted octanol–water partition coefficient (Wildman–Crippen LogP) is 5.75. The van der Waals surface area contributed by atoms with Crippen LogP contribution in [0.3, 0.4) is 0 Å². The van der Waals surface area contributed by atoms with Gasteiger partial charge in [0.2, 0.25) is 0 Å². The Morgan fingerprint density at radius 2 is 1.34 bits per heavy atom. The highest BCUT2D eigenvalue weighted by atomic mass is 35.5. The standard InChI is InChI=1S/C22H16Cl2N2O4S2/c23-16-8-13-20(24)22(14-16)32(29,30)25-17-9-11-18(12-10-17)31(27,28)26-21-7-3-5-15-4-1-2-6-19(15)21/h1-14,25-26H. The summed E-state index contributed by atoms with van der Waals surface area (Å²) >= 11 is 11.9. The Labute approximate surface area is 195 Å². The zero-order valence-electron chi connectivity index (χ0n) is 16.3. The Morgan fingerprint density at radius 1 is 0.656 bits per heavy atom. The summed E-state index contributed by atoms with van der Waals surface area (Å²) < 4.78 is 56.0. The topological polar surface area (TPSA) is 92.3 Å². The van der Waals surface area contributed by atoms with Crippen LogP contribution in [-0.4, -0.2) is 16.8 Å². The van der Waals surface area contributed by atoms with Gasteiger partial charge in [-0.1, -0.05) is 59.6 Å². The third-order valence-corrected chi connectivity index (χ3v) is 8.11. The van der Waals surface area contributed by atoms with Gasteiger partial charge in [0.05, 0.1) is 15.6 Å². The van der Waals surface area contributed by atoms with E-state index in [1.54, 1.807) is 12.1 Å². The van der Waals surface area contributed by atoms with E-state index >= 15 is 0 Å². The summed E-state index contributed by atoms with van der Waals surface area (Å²) in [5, 5.41) is 1.90. The molecule has 0 amide bonds. The van der Waals surface area contributed by atoms with Gasteiger partial charge >= 0.3 is 0 Å². The SMILES string of the molecule is O=S(=O)(Nc1cccc2ccccc12)c1ccc(NS(=O)(=O)c2cc(Cl)ccc2Cl)cc1. The summed E-state index contributed by atoms with van der Waals surface area (Å²) in [6, 6.07) is 22.2. The van der Waals surface area contributed by atoms with Gasteiger partial charge in [0.25, 0.3) is 20.0 Å². The molecule has 0 aliphatic carbocycles. The number of hydrogen-bond acceptors (Lipinski definition) is 4. The maximum Gasteiger partial charge on any atom is 0.263 e. The number of anilines is 2. The van der Waals surface area contributed by atoms with E-state index in [2.05, 4.69) is 9.44 Å². The maximum atomic E-state index is 12.9. The van der Waals surface area contributed by atoms with Gasteiger partial charge in [-0.3, -0.25) is 9.44 Å². The summed E-state index contributed by atoms with van der Waals surface area (Å²) in [6.07, 6.45) is 0. The third-order valence-electron chi connectivity index (χ3n) is 4.63. The molecule has 6 nitrogen and oxygen atoms in total. The molecule has 4 rings (SSSR count). The molecule has 0 fully saturated rings. The van der Waals surface area contributed by atoms with Gasteiger partial charge in [0, 0.05) is 16.1 Å². The highest BCUT2D eigenvalue weighted by Gasteiger charge is 2.20. The molecule has 0 aliphatic rings. The minimum atomic E-state index is -4.02. The number of sulfonamides is 2.